The van der Waals surface area contributed by atoms with Crippen LogP contribution in [0.4, 0.5) is 0 Å². The molecule has 0 radical (unpaired) electrons. The second-order valence-electron chi connectivity index (χ2n) is 3.34. The molecule has 12 heavy (non-hydrogen) atoms. The molecule has 64 valence electrons. The lowest BCUT2D eigenvalue weighted by atomic mass is 10.0. The number of pyridine rings is 1. The van der Waals surface area contributed by atoms with E-state index in [4.69, 9.17) is 0 Å². The van der Waals surface area contributed by atoms with E-state index >= 15 is 0 Å². The Hall–Kier alpha value is -0.890. The minimum atomic E-state index is -0.259. The third-order valence-corrected chi connectivity index (χ3v) is 2.47. The number of hydrogen-bond donors (Lipinski definition) is 1. The largest absolute Gasteiger partial charge is 0.388 e. The minimum absolute atomic E-state index is 0.259. The van der Waals surface area contributed by atoms with E-state index < -0.39 is 0 Å². The van der Waals surface area contributed by atoms with Gasteiger partial charge in [-0.3, -0.25) is 4.98 Å². The van der Waals surface area contributed by atoms with Crippen LogP contribution in [0.25, 0.3) is 0 Å². The average molecular weight is 163 g/mol. The molecule has 1 aromatic rings. The van der Waals surface area contributed by atoms with Crippen LogP contribution >= 0.6 is 0 Å². The zero-order chi connectivity index (χ0) is 8.39. The van der Waals surface area contributed by atoms with Crippen molar-refractivity contribution in [1.82, 2.24) is 4.98 Å². The van der Waals surface area contributed by atoms with Gasteiger partial charge >= 0.3 is 0 Å². The Labute approximate surface area is 72.3 Å². The lowest BCUT2D eigenvalue weighted by molar-refractivity contribution is 0.166. The molecular weight excluding hydrogens is 150 g/mol. The molecule has 0 fully saturated rings. The molecule has 0 aromatic carbocycles. The van der Waals surface area contributed by atoms with Crippen LogP contribution in [0, 0.1) is 0 Å². The van der Waals surface area contributed by atoms with Crippen molar-refractivity contribution in [3.05, 3.63) is 29.6 Å². The summed E-state index contributed by atoms with van der Waals surface area (Å²) in [6.45, 7) is 0. The number of fused-ring (bicyclic) bond motifs is 1. The second kappa shape index (κ2) is 3.23. The normalized spacial score (nSPS) is 22.9. The molecule has 0 spiro atoms. The van der Waals surface area contributed by atoms with Crippen molar-refractivity contribution in [2.45, 2.75) is 31.8 Å². The Morgan fingerprint density at radius 1 is 1.42 bits per heavy atom. The molecule has 1 N–H and O–H groups in total. The smallest absolute Gasteiger partial charge is 0.0793 e. The SMILES string of the molecule is OC1CCCCc2cnccc21. The molecule has 0 aliphatic heterocycles. The molecule has 1 unspecified atom stereocenters. The molecule has 1 aliphatic rings. The van der Waals surface area contributed by atoms with Gasteiger partial charge in [0.2, 0.25) is 0 Å². The summed E-state index contributed by atoms with van der Waals surface area (Å²) in [5.41, 5.74) is 2.31. The molecular formula is C10H13NO. The predicted octanol–water partition coefficient (Wildman–Crippen LogP) is 1.84. The fourth-order valence-corrected chi connectivity index (χ4v) is 1.78. The third-order valence-electron chi connectivity index (χ3n) is 2.47. The van der Waals surface area contributed by atoms with E-state index in [2.05, 4.69) is 4.98 Å². The number of aliphatic hydroxyl groups excluding tert-OH is 1. The van der Waals surface area contributed by atoms with Crippen molar-refractivity contribution in [2.75, 3.05) is 0 Å². The fourth-order valence-electron chi connectivity index (χ4n) is 1.78. The van der Waals surface area contributed by atoms with Gasteiger partial charge in [-0.1, -0.05) is 6.42 Å². The standard InChI is InChI=1S/C10H13NO/c12-10-4-2-1-3-8-7-11-6-5-9(8)10/h5-7,10,12H,1-4H2. The van der Waals surface area contributed by atoms with Crippen molar-refractivity contribution in [3.63, 3.8) is 0 Å². The monoisotopic (exact) mass is 163 g/mol. The maximum atomic E-state index is 9.71. The van der Waals surface area contributed by atoms with Crippen LogP contribution in [-0.2, 0) is 6.42 Å². The molecule has 1 aliphatic carbocycles. The molecule has 2 rings (SSSR count). The number of rotatable bonds is 0. The topological polar surface area (TPSA) is 33.1 Å². The molecule has 0 amide bonds. The van der Waals surface area contributed by atoms with Gasteiger partial charge in [-0.2, -0.15) is 0 Å². The number of aliphatic hydroxyl groups is 1. The van der Waals surface area contributed by atoms with Crippen molar-refractivity contribution in [2.24, 2.45) is 0 Å². The van der Waals surface area contributed by atoms with E-state index in [1.807, 2.05) is 12.3 Å². The first-order valence-electron chi connectivity index (χ1n) is 4.49. The third kappa shape index (κ3) is 1.34. The minimum Gasteiger partial charge on any atom is -0.388 e. The van der Waals surface area contributed by atoms with Crippen LogP contribution in [0.5, 0.6) is 0 Å². The average Bonchev–Trinajstić information content (AvgIpc) is 2.29. The Balaban J connectivity index is 2.39. The summed E-state index contributed by atoms with van der Waals surface area (Å²) in [5, 5.41) is 9.71. The molecule has 0 saturated carbocycles. The Kier molecular flexibility index (Phi) is 2.09. The van der Waals surface area contributed by atoms with Gasteiger partial charge in [0.15, 0.2) is 0 Å². The summed E-state index contributed by atoms with van der Waals surface area (Å²) in [4.78, 5) is 4.06. The summed E-state index contributed by atoms with van der Waals surface area (Å²) in [5.74, 6) is 0. The highest BCUT2D eigenvalue weighted by atomic mass is 16.3. The Morgan fingerprint density at radius 2 is 2.33 bits per heavy atom. The maximum absolute atomic E-state index is 9.71. The van der Waals surface area contributed by atoms with Crippen LogP contribution in [0.3, 0.4) is 0 Å². The van der Waals surface area contributed by atoms with Crippen molar-refractivity contribution >= 4 is 0 Å². The van der Waals surface area contributed by atoms with Gasteiger partial charge in [0.1, 0.15) is 0 Å². The van der Waals surface area contributed by atoms with E-state index in [1.165, 1.54) is 12.0 Å². The zero-order valence-electron chi connectivity index (χ0n) is 7.03. The Morgan fingerprint density at radius 3 is 3.25 bits per heavy atom. The zero-order valence-corrected chi connectivity index (χ0v) is 7.03. The molecule has 0 saturated heterocycles. The lowest BCUT2D eigenvalue weighted by Gasteiger charge is -2.09. The maximum Gasteiger partial charge on any atom is 0.0793 e. The lowest BCUT2D eigenvalue weighted by Crippen LogP contribution is -1.98. The van der Waals surface area contributed by atoms with Gasteiger partial charge < -0.3 is 5.11 Å². The predicted molar refractivity (Wildman–Crippen MR) is 46.8 cm³/mol. The number of hydrogen-bond acceptors (Lipinski definition) is 2. The van der Waals surface area contributed by atoms with Gasteiger partial charge in [-0.25, -0.2) is 0 Å². The molecule has 1 heterocycles. The summed E-state index contributed by atoms with van der Waals surface area (Å²) >= 11 is 0. The van der Waals surface area contributed by atoms with E-state index in [0.717, 1.165) is 24.8 Å². The van der Waals surface area contributed by atoms with Crippen LogP contribution < -0.4 is 0 Å². The van der Waals surface area contributed by atoms with Gasteiger partial charge in [0, 0.05) is 12.4 Å². The van der Waals surface area contributed by atoms with Crippen LogP contribution in [0.1, 0.15) is 36.5 Å². The van der Waals surface area contributed by atoms with Crippen molar-refractivity contribution < 1.29 is 5.11 Å². The number of aromatic nitrogens is 1. The highest BCUT2D eigenvalue weighted by Crippen LogP contribution is 2.27. The molecule has 2 heteroatoms. The van der Waals surface area contributed by atoms with E-state index in [-0.39, 0.29) is 6.10 Å². The molecule has 0 bridgehead atoms. The van der Waals surface area contributed by atoms with E-state index in [1.54, 1.807) is 6.20 Å². The first kappa shape index (κ1) is 7.74. The summed E-state index contributed by atoms with van der Waals surface area (Å²) < 4.78 is 0. The van der Waals surface area contributed by atoms with Crippen LogP contribution in [0.15, 0.2) is 18.5 Å². The van der Waals surface area contributed by atoms with Crippen molar-refractivity contribution in [1.29, 1.82) is 0 Å². The van der Waals surface area contributed by atoms with Gasteiger partial charge in [0.25, 0.3) is 0 Å². The first-order chi connectivity index (χ1) is 5.88. The second-order valence-corrected chi connectivity index (χ2v) is 3.34. The van der Waals surface area contributed by atoms with Crippen molar-refractivity contribution in [3.8, 4) is 0 Å². The molecule has 2 nitrogen and oxygen atoms in total. The van der Waals surface area contributed by atoms with Crippen LogP contribution in [-0.4, -0.2) is 10.1 Å². The summed E-state index contributed by atoms with van der Waals surface area (Å²) in [6, 6.07) is 1.94. The molecule has 1 atom stereocenters. The first-order valence-corrected chi connectivity index (χ1v) is 4.49. The summed E-state index contributed by atoms with van der Waals surface area (Å²) in [7, 11) is 0. The Bertz CT molecular complexity index is 272. The van der Waals surface area contributed by atoms with Gasteiger partial charge in [-0.05, 0) is 36.5 Å². The van der Waals surface area contributed by atoms with Gasteiger partial charge in [-0.15, -0.1) is 0 Å². The van der Waals surface area contributed by atoms with Gasteiger partial charge in [0.05, 0.1) is 6.10 Å². The van der Waals surface area contributed by atoms with E-state index in [0.29, 0.717) is 0 Å². The highest BCUT2D eigenvalue weighted by molar-refractivity contribution is 5.26. The van der Waals surface area contributed by atoms with Crippen LogP contribution in [0.2, 0.25) is 0 Å². The number of aryl methyl sites for hydroxylation is 1. The fraction of sp³-hybridized carbons (Fsp3) is 0.500. The highest BCUT2D eigenvalue weighted by Gasteiger charge is 2.15. The summed E-state index contributed by atoms with van der Waals surface area (Å²) in [6.07, 6.45) is 7.64. The quantitative estimate of drug-likeness (QED) is 0.592. The molecule has 1 aromatic heterocycles. The number of nitrogens with zero attached hydrogens (tertiary/aromatic N) is 1. The van der Waals surface area contributed by atoms with E-state index in [9.17, 15) is 5.11 Å².